The van der Waals surface area contributed by atoms with Gasteiger partial charge in [-0.15, -0.1) is 0 Å². The summed E-state index contributed by atoms with van der Waals surface area (Å²) >= 11 is 0. The third-order valence-electron chi connectivity index (χ3n) is 10.9. The number of allylic oxidation sites excluding steroid dienone is 3. The number of ether oxygens (including phenoxy) is 2. The van der Waals surface area contributed by atoms with Gasteiger partial charge in [-0.25, -0.2) is 0 Å². The fraction of sp³-hybridized carbons (Fsp3) is 0.822. The van der Waals surface area contributed by atoms with E-state index in [4.69, 9.17) is 15.2 Å². The Balaban J connectivity index is 2.67. The Labute approximate surface area is 364 Å². The molecule has 0 radical (unpaired) electrons. The topological polar surface area (TPSA) is 299 Å². The highest BCUT2D eigenvalue weighted by atomic mass is 16.7. The lowest BCUT2D eigenvalue weighted by molar-refractivity contribution is -0.307. The van der Waals surface area contributed by atoms with E-state index >= 15 is 0 Å². The predicted molar refractivity (Wildman–Crippen MR) is 234 cm³/mol. The first-order chi connectivity index (χ1) is 28.8. The van der Waals surface area contributed by atoms with Crippen LogP contribution in [0.15, 0.2) is 48.6 Å². The smallest absolute Gasteiger partial charge is 0.186 e. The molecule has 1 rings (SSSR count). The summed E-state index contributed by atoms with van der Waals surface area (Å²) in [5, 5.41) is 129. The van der Waals surface area contributed by atoms with E-state index in [1.54, 1.807) is 13.0 Å². The molecule has 0 aromatic carbocycles. The second-order valence-electron chi connectivity index (χ2n) is 17.4. The van der Waals surface area contributed by atoms with Crippen LogP contribution in [0.1, 0.15) is 112 Å². The van der Waals surface area contributed by atoms with Gasteiger partial charge in [0, 0.05) is 18.9 Å². The third kappa shape index (κ3) is 25.4. The monoisotopic (exact) mass is 877 g/mol. The first-order valence-corrected chi connectivity index (χ1v) is 22.3. The number of rotatable bonds is 33. The average molecular weight is 877 g/mol. The summed E-state index contributed by atoms with van der Waals surface area (Å²) < 4.78 is 12.0. The van der Waals surface area contributed by atoms with E-state index < -0.39 is 91.7 Å². The molecular weight excluding hydrogens is 792 g/mol. The Morgan fingerprint density at radius 3 is 1.66 bits per heavy atom. The predicted octanol–water partition coefficient (Wildman–Crippen LogP) is 0.582. The molecule has 0 spiro atoms. The molecule has 0 aromatic heterocycles. The van der Waals surface area contributed by atoms with Crippen LogP contribution in [-0.2, 0) is 9.47 Å². The average Bonchev–Trinajstić information content (AvgIpc) is 3.17. The van der Waals surface area contributed by atoms with Gasteiger partial charge in [0.2, 0.25) is 0 Å². The summed E-state index contributed by atoms with van der Waals surface area (Å²) in [6.07, 6.45) is 0.131. The number of hydrogen-bond acceptors (Lipinski definition) is 16. The van der Waals surface area contributed by atoms with Crippen LogP contribution >= 0.6 is 0 Å². The SMILES string of the molecule is CC=CC=CCC(OC1OC(C)C(O)C(O)C1O)C(C)C(CC(O)CC(O)CC(O)C=CCC(O)CC(O)CC(O)CC(O)C=CCC(O)CC(O)CCCN)NCC(C)C. The molecule has 1 aliphatic heterocycles. The van der Waals surface area contributed by atoms with Crippen LogP contribution in [-0.4, -0.2) is 172 Å². The zero-order valence-electron chi connectivity index (χ0n) is 37.2. The zero-order valence-corrected chi connectivity index (χ0v) is 37.2. The molecule has 1 heterocycles. The van der Waals surface area contributed by atoms with Gasteiger partial charge in [-0.3, -0.25) is 0 Å². The van der Waals surface area contributed by atoms with Gasteiger partial charge in [0.05, 0.1) is 67.1 Å². The normalized spacial score (nSPS) is 26.4. The maximum atomic E-state index is 11.2. The van der Waals surface area contributed by atoms with Crippen molar-refractivity contribution in [3.63, 3.8) is 0 Å². The summed E-state index contributed by atoms with van der Waals surface area (Å²) in [5.74, 6) is 0.0121. The number of nitrogens with one attached hydrogen (secondary N) is 1. The molecule has 0 bridgehead atoms. The van der Waals surface area contributed by atoms with Crippen LogP contribution in [0.3, 0.4) is 0 Å². The van der Waals surface area contributed by atoms with Gasteiger partial charge < -0.3 is 81.8 Å². The van der Waals surface area contributed by atoms with E-state index in [9.17, 15) is 61.3 Å². The van der Waals surface area contributed by atoms with Crippen LogP contribution in [0.5, 0.6) is 0 Å². The molecular formula is C45H84N2O14. The molecule has 17 atom stereocenters. The van der Waals surface area contributed by atoms with Crippen molar-refractivity contribution in [2.75, 3.05) is 13.1 Å². The fourth-order valence-electron chi connectivity index (χ4n) is 7.32. The van der Waals surface area contributed by atoms with Crippen molar-refractivity contribution < 1.29 is 70.8 Å². The molecule has 16 nitrogen and oxygen atoms in total. The van der Waals surface area contributed by atoms with Gasteiger partial charge in [-0.1, -0.05) is 69.4 Å². The van der Waals surface area contributed by atoms with Gasteiger partial charge in [-0.05, 0) is 103 Å². The zero-order chi connectivity index (χ0) is 46.1. The first-order valence-electron chi connectivity index (χ1n) is 22.3. The molecule has 1 aliphatic rings. The van der Waals surface area contributed by atoms with Crippen molar-refractivity contribution in [1.82, 2.24) is 5.32 Å². The van der Waals surface area contributed by atoms with E-state index in [1.165, 1.54) is 18.2 Å². The van der Waals surface area contributed by atoms with Gasteiger partial charge in [-0.2, -0.15) is 0 Å². The Kier molecular flexibility index (Phi) is 30.1. The number of nitrogens with two attached hydrogens (primary N) is 1. The van der Waals surface area contributed by atoms with Crippen molar-refractivity contribution in [1.29, 1.82) is 0 Å². The van der Waals surface area contributed by atoms with Crippen LogP contribution in [0.25, 0.3) is 0 Å². The summed E-state index contributed by atoms with van der Waals surface area (Å²) in [7, 11) is 0. The van der Waals surface area contributed by atoms with Gasteiger partial charge in [0.15, 0.2) is 6.29 Å². The van der Waals surface area contributed by atoms with Crippen LogP contribution in [0.2, 0.25) is 0 Å². The highest BCUT2D eigenvalue weighted by Crippen LogP contribution is 2.28. The first kappa shape index (κ1) is 57.3. The molecule has 17 unspecified atom stereocenters. The Bertz CT molecular complexity index is 1230. The summed E-state index contributed by atoms with van der Waals surface area (Å²) in [4.78, 5) is 0. The fourth-order valence-corrected chi connectivity index (χ4v) is 7.32. The summed E-state index contributed by atoms with van der Waals surface area (Å²) in [5.41, 5.74) is 5.43. The molecule has 0 aliphatic carbocycles. The second-order valence-corrected chi connectivity index (χ2v) is 17.4. The van der Waals surface area contributed by atoms with E-state index in [1.807, 2.05) is 38.2 Å². The Morgan fingerprint density at radius 2 is 1.13 bits per heavy atom. The standard InChI is InChI=1S/C45H84N2O14/c1-6-7-8-9-18-41(61-45-44(59)43(58)42(57)30(5)60-45)29(4)40(47-27-28(2)3)26-39(56)25-38(55)23-34(51)16-11-15-33(50)22-37(54)24-36(53)21-32(49)14-10-13-31(48)20-35(52)17-12-19-46/h6-11,14,16,28-45,47-59H,12-13,15,17-27,46H2,1-5H3. The van der Waals surface area contributed by atoms with Crippen molar-refractivity contribution >= 4 is 0 Å². The van der Waals surface area contributed by atoms with Crippen molar-refractivity contribution in [3.8, 4) is 0 Å². The molecule has 0 amide bonds. The molecule has 1 fully saturated rings. The largest absolute Gasteiger partial charge is 0.393 e. The van der Waals surface area contributed by atoms with Gasteiger partial charge in [0.25, 0.3) is 0 Å². The lowest BCUT2D eigenvalue weighted by Crippen LogP contribution is -2.58. The summed E-state index contributed by atoms with van der Waals surface area (Å²) in [6.45, 7) is 10.6. The quantitative estimate of drug-likeness (QED) is 0.0317. The van der Waals surface area contributed by atoms with Crippen LogP contribution < -0.4 is 11.1 Å². The molecule has 0 saturated carbocycles. The highest BCUT2D eigenvalue weighted by Gasteiger charge is 2.44. The van der Waals surface area contributed by atoms with Crippen molar-refractivity contribution in [2.45, 2.75) is 209 Å². The molecule has 16 heteroatoms. The van der Waals surface area contributed by atoms with Gasteiger partial charge in [0.1, 0.15) is 18.3 Å². The highest BCUT2D eigenvalue weighted by molar-refractivity contribution is 5.03. The maximum Gasteiger partial charge on any atom is 0.186 e. The summed E-state index contributed by atoms with van der Waals surface area (Å²) in [6, 6.07) is -0.314. The lowest BCUT2D eigenvalue weighted by Gasteiger charge is -2.42. The Morgan fingerprint density at radius 1 is 0.623 bits per heavy atom. The van der Waals surface area contributed by atoms with E-state index in [0.29, 0.717) is 32.4 Å². The van der Waals surface area contributed by atoms with E-state index in [0.717, 1.165) is 0 Å². The number of hydrogen-bond donors (Lipinski definition) is 14. The minimum atomic E-state index is -1.48. The van der Waals surface area contributed by atoms with E-state index in [-0.39, 0.29) is 75.7 Å². The van der Waals surface area contributed by atoms with Gasteiger partial charge >= 0.3 is 0 Å². The van der Waals surface area contributed by atoms with Crippen LogP contribution in [0, 0.1) is 11.8 Å². The van der Waals surface area contributed by atoms with E-state index in [2.05, 4.69) is 19.2 Å². The van der Waals surface area contributed by atoms with Crippen LogP contribution in [0.4, 0.5) is 0 Å². The molecule has 61 heavy (non-hydrogen) atoms. The molecule has 0 aromatic rings. The minimum absolute atomic E-state index is 0.0282. The van der Waals surface area contributed by atoms with Crippen molar-refractivity contribution in [2.24, 2.45) is 17.6 Å². The Hall–Kier alpha value is -1.68. The van der Waals surface area contributed by atoms with Crippen molar-refractivity contribution in [3.05, 3.63) is 48.6 Å². The maximum absolute atomic E-state index is 11.2. The number of aliphatic hydroxyl groups excluding tert-OH is 12. The molecule has 358 valence electrons. The minimum Gasteiger partial charge on any atom is -0.393 e. The third-order valence-corrected chi connectivity index (χ3v) is 10.9. The second kappa shape index (κ2) is 32.1. The molecule has 15 N–H and O–H groups in total. The lowest BCUT2D eigenvalue weighted by atomic mass is 9.87. The molecule has 1 saturated heterocycles. The number of aliphatic hydroxyl groups is 12.